The molecule has 29 heavy (non-hydrogen) atoms. The summed E-state index contributed by atoms with van der Waals surface area (Å²) in [6.07, 6.45) is 0. The van der Waals surface area contributed by atoms with E-state index in [1.807, 2.05) is 49.2 Å². The molecule has 0 spiro atoms. The Morgan fingerprint density at radius 1 is 1.21 bits per heavy atom. The van der Waals surface area contributed by atoms with Crippen LogP contribution in [0, 0.1) is 0 Å². The number of carbonyl (C=O) groups excluding carboxylic acids is 1. The number of rotatable bonds is 8. The van der Waals surface area contributed by atoms with Gasteiger partial charge in [0.1, 0.15) is 10.3 Å². The molecule has 1 N–H and O–H groups in total. The van der Waals surface area contributed by atoms with Crippen LogP contribution in [0.1, 0.15) is 23.4 Å². The molecule has 1 atom stereocenters. The molecule has 1 fully saturated rings. The van der Waals surface area contributed by atoms with E-state index in [1.54, 1.807) is 12.1 Å². The third-order valence-electron chi connectivity index (χ3n) is 4.94. The first-order valence-electron chi connectivity index (χ1n) is 9.63. The number of morpholine rings is 1. The third-order valence-corrected chi connectivity index (χ3v) is 8.39. The van der Waals surface area contributed by atoms with Crippen molar-refractivity contribution >= 4 is 27.3 Å². The molecule has 1 saturated heterocycles. The number of likely N-dealkylation sites (N-methyl/N-ethyl adjacent to an activating group) is 1. The number of hydrogen-bond acceptors (Lipinski definition) is 6. The molecule has 1 aromatic carbocycles. The van der Waals surface area contributed by atoms with Crippen LogP contribution in [0.4, 0.5) is 0 Å². The second-order valence-corrected chi connectivity index (χ2v) is 10.2. The zero-order valence-corrected chi connectivity index (χ0v) is 18.3. The average Bonchev–Trinajstić information content (AvgIpc) is 3.24. The number of sulfonamides is 1. The van der Waals surface area contributed by atoms with Crippen LogP contribution in [0.2, 0.25) is 0 Å². The lowest BCUT2D eigenvalue weighted by Crippen LogP contribution is -2.40. The predicted molar refractivity (Wildman–Crippen MR) is 113 cm³/mol. The maximum absolute atomic E-state index is 12.9. The molecule has 158 valence electrons. The molecular formula is C20H27N3O4S2. The number of carbonyl (C=O) groups is 1. The van der Waals surface area contributed by atoms with Crippen LogP contribution in [0.5, 0.6) is 0 Å². The van der Waals surface area contributed by atoms with Gasteiger partial charge in [0.25, 0.3) is 10.0 Å². The lowest BCUT2D eigenvalue weighted by Gasteiger charge is -2.26. The van der Waals surface area contributed by atoms with Crippen LogP contribution >= 0.6 is 11.3 Å². The molecule has 1 aromatic heterocycles. The van der Waals surface area contributed by atoms with Gasteiger partial charge in [0, 0.05) is 18.0 Å². The highest BCUT2D eigenvalue weighted by atomic mass is 32.2. The second-order valence-electron chi connectivity index (χ2n) is 6.84. The van der Waals surface area contributed by atoms with Crippen LogP contribution < -0.4 is 5.32 Å². The zero-order valence-electron chi connectivity index (χ0n) is 16.7. The van der Waals surface area contributed by atoms with Crippen molar-refractivity contribution < 1.29 is 17.9 Å². The van der Waals surface area contributed by atoms with Crippen LogP contribution in [-0.4, -0.2) is 63.4 Å². The van der Waals surface area contributed by atoms with E-state index in [0.717, 1.165) is 17.0 Å². The highest BCUT2D eigenvalue weighted by molar-refractivity contribution is 7.91. The lowest BCUT2D eigenvalue weighted by molar-refractivity contribution is -0.126. The highest BCUT2D eigenvalue weighted by Gasteiger charge is 2.28. The number of ether oxygens (including phenoxy) is 1. The summed E-state index contributed by atoms with van der Waals surface area (Å²) in [7, 11) is -1.59. The van der Waals surface area contributed by atoms with Gasteiger partial charge in [-0.2, -0.15) is 4.31 Å². The number of thiophene rings is 1. The minimum Gasteiger partial charge on any atom is -0.379 e. The van der Waals surface area contributed by atoms with Crippen molar-refractivity contribution in [3.63, 3.8) is 0 Å². The molecule has 3 rings (SSSR count). The molecule has 0 aliphatic carbocycles. The Labute approximate surface area is 176 Å². The van der Waals surface area contributed by atoms with E-state index in [-0.39, 0.29) is 5.91 Å². The fourth-order valence-corrected chi connectivity index (χ4v) is 6.06. The number of hydrogen-bond donors (Lipinski definition) is 1. The normalized spacial score (nSPS) is 16.7. The van der Waals surface area contributed by atoms with E-state index < -0.39 is 16.1 Å². The number of amides is 1. The average molecular weight is 438 g/mol. The molecule has 2 heterocycles. The van der Waals surface area contributed by atoms with Gasteiger partial charge in [-0.1, -0.05) is 37.3 Å². The van der Waals surface area contributed by atoms with E-state index in [4.69, 9.17) is 4.74 Å². The fourth-order valence-electron chi connectivity index (χ4n) is 3.20. The molecule has 9 heteroatoms. The summed E-state index contributed by atoms with van der Waals surface area (Å²) in [6.45, 7) is 4.60. The Morgan fingerprint density at radius 3 is 2.55 bits per heavy atom. The predicted octanol–water partition coefficient (Wildman–Crippen LogP) is 2.08. The Hall–Kier alpha value is -1.78. The van der Waals surface area contributed by atoms with E-state index in [1.165, 1.54) is 15.6 Å². The SMILES string of the molecule is CCN(C)C(C(=O)NCc1ccc(S(=O)(=O)N2CCOCC2)s1)c1ccccc1. The summed E-state index contributed by atoms with van der Waals surface area (Å²) >= 11 is 1.20. The summed E-state index contributed by atoms with van der Waals surface area (Å²) in [4.78, 5) is 15.7. The van der Waals surface area contributed by atoms with Crippen molar-refractivity contribution in [2.45, 2.75) is 23.7 Å². The molecule has 2 aromatic rings. The van der Waals surface area contributed by atoms with Gasteiger partial charge in [0.15, 0.2) is 0 Å². The molecule has 0 radical (unpaired) electrons. The Balaban J connectivity index is 1.67. The van der Waals surface area contributed by atoms with Crippen molar-refractivity contribution in [3.05, 3.63) is 52.9 Å². The largest absolute Gasteiger partial charge is 0.379 e. The van der Waals surface area contributed by atoms with Gasteiger partial charge in [-0.15, -0.1) is 11.3 Å². The molecule has 0 saturated carbocycles. The second kappa shape index (κ2) is 9.82. The van der Waals surface area contributed by atoms with Crippen molar-refractivity contribution in [2.24, 2.45) is 0 Å². The number of nitrogens with zero attached hydrogens (tertiary/aromatic N) is 2. The molecule has 1 aliphatic rings. The van der Waals surface area contributed by atoms with E-state index in [2.05, 4.69) is 5.32 Å². The van der Waals surface area contributed by atoms with Gasteiger partial charge < -0.3 is 10.1 Å². The van der Waals surface area contributed by atoms with Gasteiger partial charge in [0.05, 0.1) is 19.8 Å². The fraction of sp³-hybridized carbons (Fsp3) is 0.450. The first-order valence-corrected chi connectivity index (χ1v) is 11.9. The van der Waals surface area contributed by atoms with E-state index in [0.29, 0.717) is 37.1 Å². The maximum atomic E-state index is 12.9. The van der Waals surface area contributed by atoms with Crippen LogP contribution in [-0.2, 0) is 26.1 Å². The standard InChI is InChI=1S/C20H27N3O4S2/c1-3-22(2)19(16-7-5-4-6-8-16)20(24)21-15-17-9-10-18(28-17)29(25,26)23-11-13-27-14-12-23/h4-10,19H,3,11-15H2,1-2H3,(H,21,24). The van der Waals surface area contributed by atoms with Crippen molar-refractivity contribution in [2.75, 3.05) is 39.9 Å². The topological polar surface area (TPSA) is 79.0 Å². The Bertz CT molecular complexity index is 909. The first kappa shape index (κ1) is 21.9. The molecule has 0 bridgehead atoms. The third kappa shape index (κ3) is 5.23. The summed E-state index contributed by atoms with van der Waals surface area (Å²) in [5.74, 6) is -0.105. The van der Waals surface area contributed by atoms with Gasteiger partial charge in [0.2, 0.25) is 5.91 Å². The first-order chi connectivity index (χ1) is 13.9. The monoisotopic (exact) mass is 437 g/mol. The summed E-state index contributed by atoms with van der Waals surface area (Å²) in [6, 6.07) is 12.6. The van der Waals surface area contributed by atoms with Gasteiger partial charge in [-0.25, -0.2) is 8.42 Å². The number of nitrogens with one attached hydrogen (secondary N) is 1. The molecular weight excluding hydrogens is 410 g/mol. The molecule has 1 aliphatic heterocycles. The van der Waals surface area contributed by atoms with Crippen molar-refractivity contribution in [1.29, 1.82) is 0 Å². The van der Waals surface area contributed by atoms with Gasteiger partial charge in [-0.3, -0.25) is 9.69 Å². The van der Waals surface area contributed by atoms with Gasteiger partial charge in [-0.05, 0) is 31.3 Å². The summed E-state index contributed by atoms with van der Waals surface area (Å²) in [5.41, 5.74) is 0.927. The Morgan fingerprint density at radius 2 is 1.90 bits per heavy atom. The number of benzene rings is 1. The van der Waals surface area contributed by atoms with E-state index in [9.17, 15) is 13.2 Å². The Kier molecular flexibility index (Phi) is 7.42. The van der Waals surface area contributed by atoms with Crippen molar-refractivity contribution in [1.82, 2.24) is 14.5 Å². The van der Waals surface area contributed by atoms with Gasteiger partial charge >= 0.3 is 0 Å². The van der Waals surface area contributed by atoms with Crippen LogP contribution in [0.15, 0.2) is 46.7 Å². The molecule has 7 nitrogen and oxygen atoms in total. The molecule has 1 unspecified atom stereocenters. The quantitative estimate of drug-likeness (QED) is 0.684. The van der Waals surface area contributed by atoms with Crippen molar-refractivity contribution in [3.8, 4) is 0 Å². The summed E-state index contributed by atoms with van der Waals surface area (Å²) in [5, 5.41) is 2.96. The molecule has 1 amide bonds. The van der Waals surface area contributed by atoms with Crippen LogP contribution in [0.3, 0.4) is 0 Å². The minimum absolute atomic E-state index is 0.105. The zero-order chi connectivity index (χ0) is 20.9. The minimum atomic E-state index is -3.51. The van der Waals surface area contributed by atoms with E-state index >= 15 is 0 Å². The lowest BCUT2D eigenvalue weighted by atomic mass is 10.0. The smallest absolute Gasteiger partial charge is 0.252 e. The summed E-state index contributed by atoms with van der Waals surface area (Å²) < 4.78 is 32.5. The maximum Gasteiger partial charge on any atom is 0.252 e. The van der Waals surface area contributed by atoms with Crippen LogP contribution in [0.25, 0.3) is 0 Å². The highest BCUT2D eigenvalue weighted by Crippen LogP contribution is 2.26.